The normalized spacial score (nSPS) is 19.2. The standard InChI is InChI=1S/C37H34F2N6O4/c1-44-14-6-11-31(44)30-17-23-19-40-33(18-29(23)41-30)42-35(47)22-15-27(38)25(28(39)16-22)9-4-2-3-7-21-8-5-10-24-26(21)20-45(37(24)49)32-12-13-34(46)43-36(32)48/h5,8,10,15-19,31-32,41H,2,4,6,9,11-14,20H2,1H3,(H,40,42,47)(H,43,46,48)/t31-,32?/m1/s1. The molecule has 5 heterocycles. The number of amides is 4. The van der Waals surface area contributed by atoms with Gasteiger partial charge >= 0.3 is 0 Å². The second kappa shape index (κ2) is 13.2. The molecule has 12 heteroatoms. The van der Waals surface area contributed by atoms with Gasteiger partial charge in [0.15, 0.2) is 0 Å². The molecule has 0 saturated carbocycles. The SMILES string of the molecule is CN1CCC[C@@H]1c1cc2cnc(NC(=O)c3cc(F)c(CCCC#Cc4cccc5c4CN(C4CCC(=O)NC4=O)C5=O)c(F)c3)cc2[nH]1. The van der Waals surface area contributed by atoms with Crippen molar-refractivity contribution in [3.63, 3.8) is 0 Å². The first-order valence-electron chi connectivity index (χ1n) is 16.4. The average molecular weight is 665 g/mol. The van der Waals surface area contributed by atoms with Gasteiger partial charge in [0, 0.05) is 71.0 Å². The highest BCUT2D eigenvalue weighted by Gasteiger charge is 2.39. The van der Waals surface area contributed by atoms with Crippen molar-refractivity contribution in [2.75, 3.05) is 18.9 Å². The smallest absolute Gasteiger partial charge is 0.257 e. The number of fused-ring (bicyclic) bond motifs is 2. The maximum absolute atomic E-state index is 15.0. The lowest BCUT2D eigenvalue weighted by Crippen LogP contribution is -2.52. The number of unbranched alkanes of at least 4 members (excludes halogenated alkanes) is 1. The number of imide groups is 1. The molecule has 10 nitrogen and oxygen atoms in total. The molecule has 4 amide bonds. The van der Waals surface area contributed by atoms with E-state index in [2.05, 4.69) is 50.5 Å². The van der Waals surface area contributed by atoms with Crippen LogP contribution in [0, 0.1) is 23.5 Å². The Bertz CT molecular complexity index is 2060. The largest absolute Gasteiger partial charge is 0.357 e. The molecule has 0 aliphatic carbocycles. The number of nitrogens with zero attached hydrogens (tertiary/aromatic N) is 3. The summed E-state index contributed by atoms with van der Waals surface area (Å²) in [6.45, 7) is 1.24. The summed E-state index contributed by atoms with van der Waals surface area (Å²) in [4.78, 5) is 61.4. The number of H-pyrrole nitrogens is 1. The van der Waals surface area contributed by atoms with Crippen molar-refractivity contribution in [3.8, 4) is 11.8 Å². The average Bonchev–Trinajstić information content (AvgIpc) is 3.78. The molecule has 1 unspecified atom stereocenters. The van der Waals surface area contributed by atoms with Crippen molar-refractivity contribution in [2.24, 2.45) is 0 Å². The van der Waals surface area contributed by atoms with Gasteiger partial charge in [0.1, 0.15) is 23.5 Å². The van der Waals surface area contributed by atoms with Crippen LogP contribution in [0.1, 0.15) is 87.7 Å². The lowest BCUT2D eigenvalue weighted by Gasteiger charge is -2.29. The van der Waals surface area contributed by atoms with Gasteiger partial charge < -0.3 is 15.2 Å². The summed E-state index contributed by atoms with van der Waals surface area (Å²) in [6.07, 6.45) is 5.07. The summed E-state index contributed by atoms with van der Waals surface area (Å²) in [6, 6.07) is 10.6. The van der Waals surface area contributed by atoms with Crippen LogP contribution in [0.4, 0.5) is 14.6 Å². The maximum Gasteiger partial charge on any atom is 0.257 e. The highest BCUT2D eigenvalue weighted by Crippen LogP contribution is 2.32. The first-order chi connectivity index (χ1) is 23.7. The molecule has 250 valence electrons. The van der Waals surface area contributed by atoms with Crippen molar-refractivity contribution >= 4 is 40.3 Å². The summed E-state index contributed by atoms with van der Waals surface area (Å²) < 4.78 is 30.1. The second-order valence-corrected chi connectivity index (χ2v) is 12.8. The van der Waals surface area contributed by atoms with E-state index >= 15 is 8.78 Å². The van der Waals surface area contributed by atoms with E-state index in [1.54, 1.807) is 30.5 Å². The molecule has 2 aromatic carbocycles. The molecule has 3 aliphatic rings. The highest BCUT2D eigenvalue weighted by atomic mass is 19.1. The molecule has 0 bridgehead atoms. The van der Waals surface area contributed by atoms with E-state index in [0.717, 1.165) is 48.1 Å². The second-order valence-electron chi connectivity index (χ2n) is 12.8. The predicted octanol–water partition coefficient (Wildman–Crippen LogP) is 5.00. The molecule has 0 spiro atoms. The van der Waals surface area contributed by atoms with E-state index in [-0.39, 0.29) is 54.6 Å². The van der Waals surface area contributed by atoms with E-state index in [1.165, 1.54) is 4.90 Å². The number of aromatic nitrogens is 2. The number of anilines is 1. The monoisotopic (exact) mass is 664 g/mol. The van der Waals surface area contributed by atoms with E-state index in [9.17, 15) is 19.2 Å². The van der Waals surface area contributed by atoms with E-state index < -0.39 is 29.5 Å². The minimum atomic E-state index is -0.816. The van der Waals surface area contributed by atoms with Crippen LogP contribution in [-0.2, 0) is 22.6 Å². The lowest BCUT2D eigenvalue weighted by molar-refractivity contribution is -0.136. The molecule has 3 aliphatic heterocycles. The number of carbonyl (C=O) groups is 4. The van der Waals surface area contributed by atoms with Crippen molar-refractivity contribution < 1.29 is 28.0 Å². The van der Waals surface area contributed by atoms with Gasteiger partial charge in [-0.2, -0.15) is 0 Å². The van der Waals surface area contributed by atoms with Gasteiger partial charge in [0.05, 0.1) is 5.52 Å². The van der Waals surface area contributed by atoms with Crippen LogP contribution in [0.25, 0.3) is 10.9 Å². The number of rotatable bonds is 7. The Hall–Kier alpha value is -5.41. The van der Waals surface area contributed by atoms with Crippen LogP contribution in [0.2, 0.25) is 0 Å². The number of piperidine rings is 1. The number of hydrogen-bond acceptors (Lipinski definition) is 6. The summed E-state index contributed by atoms with van der Waals surface area (Å²) >= 11 is 0. The van der Waals surface area contributed by atoms with Gasteiger partial charge in [0.25, 0.3) is 11.8 Å². The number of nitrogens with one attached hydrogen (secondary N) is 3. The van der Waals surface area contributed by atoms with Gasteiger partial charge in [-0.25, -0.2) is 13.8 Å². The van der Waals surface area contributed by atoms with Crippen LogP contribution in [0.3, 0.4) is 0 Å². The Morgan fingerprint density at radius 3 is 2.65 bits per heavy atom. The minimum absolute atomic E-state index is 0.0759. The number of hydrogen-bond donors (Lipinski definition) is 3. The Morgan fingerprint density at radius 1 is 1.08 bits per heavy atom. The molecule has 4 aromatic rings. The molecular weight excluding hydrogens is 630 g/mol. The summed E-state index contributed by atoms with van der Waals surface area (Å²) in [5, 5.41) is 5.85. The van der Waals surface area contributed by atoms with Crippen molar-refractivity contribution in [1.29, 1.82) is 0 Å². The van der Waals surface area contributed by atoms with Crippen LogP contribution >= 0.6 is 0 Å². The topological polar surface area (TPSA) is 128 Å². The van der Waals surface area contributed by atoms with Gasteiger partial charge in [-0.3, -0.25) is 29.4 Å². The molecule has 2 aromatic heterocycles. The molecule has 49 heavy (non-hydrogen) atoms. The van der Waals surface area contributed by atoms with Crippen LogP contribution in [-0.4, -0.2) is 63.0 Å². The number of benzene rings is 2. The molecule has 3 N–H and O–H groups in total. The van der Waals surface area contributed by atoms with Crippen molar-refractivity contribution in [2.45, 2.75) is 63.6 Å². The highest BCUT2D eigenvalue weighted by molar-refractivity contribution is 6.06. The number of carbonyl (C=O) groups excluding carboxylic acids is 4. The zero-order valence-electron chi connectivity index (χ0n) is 26.9. The first-order valence-corrected chi connectivity index (χ1v) is 16.4. The third kappa shape index (κ3) is 6.41. The number of pyridine rings is 1. The van der Waals surface area contributed by atoms with Gasteiger partial charge in [-0.1, -0.05) is 17.9 Å². The van der Waals surface area contributed by atoms with E-state index in [4.69, 9.17) is 0 Å². The molecule has 2 atom stereocenters. The quantitative estimate of drug-likeness (QED) is 0.145. The Morgan fingerprint density at radius 2 is 1.90 bits per heavy atom. The molecule has 2 fully saturated rings. The fourth-order valence-corrected chi connectivity index (χ4v) is 6.97. The van der Waals surface area contributed by atoms with Gasteiger partial charge in [-0.15, -0.1) is 0 Å². The minimum Gasteiger partial charge on any atom is -0.357 e. The molecular formula is C37H34F2N6O4. The number of likely N-dealkylation sites (tertiary alicyclic amines) is 1. The Balaban J connectivity index is 0.961. The summed E-state index contributed by atoms with van der Waals surface area (Å²) in [7, 11) is 2.09. The van der Waals surface area contributed by atoms with E-state index in [1.807, 2.05) is 0 Å². The van der Waals surface area contributed by atoms with Crippen molar-refractivity contribution in [1.82, 2.24) is 25.1 Å². The summed E-state index contributed by atoms with van der Waals surface area (Å²) in [5.74, 6) is 2.95. The zero-order valence-corrected chi connectivity index (χ0v) is 26.9. The fraction of sp³-hybridized carbons (Fsp3) is 0.324. The third-order valence-corrected chi connectivity index (χ3v) is 9.58. The zero-order chi connectivity index (χ0) is 34.2. The van der Waals surface area contributed by atoms with E-state index in [0.29, 0.717) is 35.6 Å². The Kier molecular flexibility index (Phi) is 8.69. The predicted molar refractivity (Wildman–Crippen MR) is 177 cm³/mol. The van der Waals surface area contributed by atoms with Crippen LogP contribution < -0.4 is 10.6 Å². The number of aromatic amines is 1. The molecule has 0 radical (unpaired) electrons. The molecule has 7 rings (SSSR count). The van der Waals surface area contributed by atoms with Gasteiger partial charge in [-0.05, 0) is 81.6 Å². The fourth-order valence-electron chi connectivity index (χ4n) is 6.97. The third-order valence-electron chi connectivity index (χ3n) is 9.58. The summed E-state index contributed by atoms with van der Waals surface area (Å²) in [5.41, 5.74) is 3.44. The van der Waals surface area contributed by atoms with Crippen LogP contribution in [0.5, 0.6) is 0 Å². The number of halogens is 2. The molecule has 2 saturated heterocycles. The Labute approximate surface area is 281 Å². The van der Waals surface area contributed by atoms with Crippen LogP contribution in [0.15, 0.2) is 48.7 Å². The maximum atomic E-state index is 15.0. The van der Waals surface area contributed by atoms with Crippen molar-refractivity contribution in [3.05, 3.63) is 93.8 Å². The first kappa shape index (κ1) is 32.2. The lowest BCUT2D eigenvalue weighted by atomic mass is 10.0. The van der Waals surface area contributed by atoms with Gasteiger partial charge in [0.2, 0.25) is 11.8 Å².